The van der Waals surface area contributed by atoms with Crippen molar-refractivity contribution in [3.8, 4) is 11.8 Å². The molecule has 2 aromatic rings. The van der Waals surface area contributed by atoms with Crippen molar-refractivity contribution in [1.29, 1.82) is 5.26 Å². The normalized spacial score (nSPS) is 16.2. The molecule has 0 bridgehead atoms. The molecule has 0 aromatic heterocycles. The van der Waals surface area contributed by atoms with Gasteiger partial charge in [0, 0.05) is 6.92 Å². The minimum absolute atomic E-state index is 0.0200. The molecule has 1 aliphatic heterocycles. The molecule has 2 aromatic carbocycles. The smallest absolute Gasteiger partial charge is 0.262 e. The molecule has 0 aliphatic carbocycles. The molecule has 1 aliphatic rings. The number of hydrogen-bond donors (Lipinski definition) is 1. The molecule has 1 unspecified atom stereocenters. The van der Waals surface area contributed by atoms with E-state index >= 15 is 0 Å². The van der Waals surface area contributed by atoms with Crippen LogP contribution in [0.15, 0.2) is 47.4 Å². The van der Waals surface area contributed by atoms with Gasteiger partial charge >= 0.3 is 0 Å². The molecule has 1 atom stereocenters. The number of nitrogens with one attached hydrogen (secondary N) is 1. The van der Waals surface area contributed by atoms with Crippen LogP contribution in [0.1, 0.15) is 19.4 Å². The second-order valence-electron chi connectivity index (χ2n) is 5.95. The maximum Gasteiger partial charge on any atom is 0.262 e. The van der Waals surface area contributed by atoms with Crippen molar-refractivity contribution in [2.24, 2.45) is 0 Å². The number of benzene rings is 2. The molecule has 1 N–H and O–H groups in total. The van der Waals surface area contributed by atoms with Crippen molar-refractivity contribution in [3.05, 3.63) is 48.0 Å². The number of rotatable bonds is 3. The highest BCUT2D eigenvalue weighted by atomic mass is 32.2. The first-order valence-corrected chi connectivity index (χ1v) is 9.41. The number of carbonyl (C=O) groups is 1. The number of hydrogen-bond acceptors (Lipinski definition) is 5. The summed E-state index contributed by atoms with van der Waals surface area (Å²) < 4.78 is 33.6. The monoisotopic (exact) mass is 371 g/mol. The predicted octanol–water partition coefficient (Wildman–Crippen LogP) is 2.49. The van der Waals surface area contributed by atoms with Crippen LogP contribution in [-0.2, 0) is 14.8 Å². The first kappa shape index (κ1) is 17.8. The van der Waals surface area contributed by atoms with Crippen LogP contribution >= 0.6 is 0 Å². The Balaban J connectivity index is 2.01. The Kier molecular flexibility index (Phi) is 4.57. The Morgan fingerprint density at radius 2 is 2.04 bits per heavy atom. The first-order chi connectivity index (χ1) is 12.3. The van der Waals surface area contributed by atoms with Crippen LogP contribution in [0.25, 0.3) is 0 Å². The van der Waals surface area contributed by atoms with Crippen LogP contribution in [0.3, 0.4) is 0 Å². The van der Waals surface area contributed by atoms with Crippen molar-refractivity contribution in [2.75, 3.05) is 16.2 Å². The Hall–Kier alpha value is -3.05. The fraction of sp³-hybridized carbons (Fsp3) is 0.222. The fourth-order valence-electron chi connectivity index (χ4n) is 2.76. The van der Waals surface area contributed by atoms with Gasteiger partial charge in [-0.3, -0.25) is 9.52 Å². The molecule has 0 saturated heterocycles. The summed E-state index contributed by atoms with van der Waals surface area (Å²) in [6, 6.07) is 12.6. The van der Waals surface area contributed by atoms with Crippen molar-refractivity contribution in [2.45, 2.75) is 24.8 Å². The van der Waals surface area contributed by atoms with Crippen LogP contribution in [0.4, 0.5) is 11.4 Å². The van der Waals surface area contributed by atoms with Gasteiger partial charge in [-0.15, -0.1) is 0 Å². The highest BCUT2D eigenvalue weighted by Gasteiger charge is 2.28. The first-order valence-electron chi connectivity index (χ1n) is 7.92. The maximum atomic E-state index is 12.7. The van der Waals surface area contributed by atoms with E-state index in [-0.39, 0.29) is 28.2 Å². The summed E-state index contributed by atoms with van der Waals surface area (Å²) in [6.45, 7) is 3.60. The summed E-state index contributed by atoms with van der Waals surface area (Å²) in [5.41, 5.74) is 0.824. The van der Waals surface area contributed by atoms with E-state index in [0.29, 0.717) is 18.0 Å². The summed E-state index contributed by atoms with van der Waals surface area (Å²) >= 11 is 0. The SMILES string of the molecule is CC(=O)N1CC(C)Oc2ccc(S(=O)(=O)Nc3ccccc3C#N)cc21. The lowest BCUT2D eigenvalue weighted by atomic mass is 10.2. The summed E-state index contributed by atoms with van der Waals surface area (Å²) in [7, 11) is -3.94. The molecule has 134 valence electrons. The highest BCUT2D eigenvalue weighted by Crippen LogP contribution is 2.36. The van der Waals surface area contributed by atoms with Gasteiger partial charge < -0.3 is 9.64 Å². The number of carbonyl (C=O) groups excluding carboxylic acids is 1. The quantitative estimate of drug-likeness (QED) is 0.893. The van der Waals surface area contributed by atoms with Crippen LogP contribution in [-0.4, -0.2) is 27.0 Å². The van der Waals surface area contributed by atoms with Crippen LogP contribution in [0, 0.1) is 11.3 Å². The average molecular weight is 371 g/mol. The van der Waals surface area contributed by atoms with E-state index in [2.05, 4.69) is 4.72 Å². The second-order valence-corrected chi connectivity index (χ2v) is 7.63. The number of amides is 1. The van der Waals surface area contributed by atoms with E-state index in [1.165, 1.54) is 42.2 Å². The zero-order valence-corrected chi connectivity index (χ0v) is 15.1. The van der Waals surface area contributed by atoms with Crippen molar-refractivity contribution in [1.82, 2.24) is 0 Å². The van der Waals surface area contributed by atoms with Gasteiger partial charge in [-0.05, 0) is 37.3 Å². The van der Waals surface area contributed by atoms with Gasteiger partial charge in [0.2, 0.25) is 5.91 Å². The molecule has 7 nitrogen and oxygen atoms in total. The van der Waals surface area contributed by atoms with Gasteiger partial charge in [-0.25, -0.2) is 8.42 Å². The second kappa shape index (κ2) is 6.69. The molecule has 0 radical (unpaired) electrons. The fourth-order valence-corrected chi connectivity index (χ4v) is 3.86. The summed E-state index contributed by atoms with van der Waals surface area (Å²) in [6.07, 6.45) is -0.186. The number of fused-ring (bicyclic) bond motifs is 1. The molecule has 8 heteroatoms. The van der Waals surface area contributed by atoms with Gasteiger partial charge in [-0.1, -0.05) is 12.1 Å². The lowest BCUT2D eigenvalue weighted by Gasteiger charge is -2.33. The Morgan fingerprint density at radius 3 is 2.73 bits per heavy atom. The number of anilines is 2. The third-order valence-corrected chi connectivity index (χ3v) is 5.33. The van der Waals surface area contributed by atoms with Gasteiger partial charge in [0.05, 0.1) is 28.4 Å². The highest BCUT2D eigenvalue weighted by molar-refractivity contribution is 7.92. The Labute approximate surface area is 151 Å². The number of ether oxygens (including phenoxy) is 1. The van der Waals surface area contributed by atoms with Gasteiger partial charge in [0.25, 0.3) is 10.0 Å². The van der Waals surface area contributed by atoms with E-state index in [9.17, 15) is 13.2 Å². The number of para-hydroxylation sites is 1. The molecule has 0 fully saturated rings. The molecule has 1 amide bonds. The third-order valence-electron chi connectivity index (χ3n) is 3.97. The van der Waals surface area contributed by atoms with Crippen molar-refractivity contribution in [3.63, 3.8) is 0 Å². The number of nitrogens with zero attached hydrogens (tertiary/aromatic N) is 2. The third kappa shape index (κ3) is 3.34. The molecule has 1 heterocycles. The molecule has 26 heavy (non-hydrogen) atoms. The minimum Gasteiger partial charge on any atom is -0.487 e. The maximum absolute atomic E-state index is 12.7. The van der Waals surface area contributed by atoms with Crippen molar-refractivity contribution >= 4 is 27.3 Å². The van der Waals surface area contributed by atoms with Gasteiger partial charge in [0.1, 0.15) is 17.9 Å². The van der Waals surface area contributed by atoms with Gasteiger partial charge in [0.15, 0.2) is 0 Å². The van der Waals surface area contributed by atoms with E-state index in [1.807, 2.05) is 13.0 Å². The lowest BCUT2D eigenvalue weighted by Crippen LogP contribution is -2.41. The summed E-state index contributed by atoms with van der Waals surface area (Å²) in [5.74, 6) is 0.258. The van der Waals surface area contributed by atoms with E-state index in [4.69, 9.17) is 10.00 Å². The predicted molar refractivity (Wildman–Crippen MR) is 96.5 cm³/mol. The number of sulfonamides is 1. The molecular formula is C18H17N3O4S. The zero-order chi connectivity index (χ0) is 18.9. The Bertz CT molecular complexity index is 1010. The minimum atomic E-state index is -3.94. The van der Waals surface area contributed by atoms with E-state index in [0.717, 1.165) is 0 Å². The topological polar surface area (TPSA) is 99.5 Å². The Morgan fingerprint density at radius 1 is 1.31 bits per heavy atom. The molecule has 3 rings (SSSR count). The number of nitriles is 1. The van der Waals surface area contributed by atoms with Gasteiger partial charge in [-0.2, -0.15) is 5.26 Å². The molecular weight excluding hydrogens is 354 g/mol. The van der Waals surface area contributed by atoms with Crippen LogP contribution in [0.2, 0.25) is 0 Å². The molecule has 0 saturated carbocycles. The largest absolute Gasteiger partial charge is 0.487 e. The summed E-state index contributed by atoms with van der Waals surface area (Å²) in [4.78, 5) is 13.4. The van der Waals surface area contributed by atoms with Crippen LogP contribution < -0.4 is 14.4 Å². The standard InChI is InChI=1S/C18H17N3O4S/c1-12-11-21(13(2)22)17-9-15(7-8-18(17)25-12)26(23,24)20-16-6-4-3-5-14(16)10-19/h3-9,12,20H,11H2,1-2H3. The lowest BCUT2D eigenvalue weighted by molar-refractivity contribution is -0.117. The summed E-state index contributed by atoms with van der Waals surface area (Å²) in [5, 5.41) is 9.12. The van der Waals surface area contributed by atoms with Crippen molar-refractivity contribution < 1.29 is 17.9 Å². The van der Waals surface area contributed by atoms with E-state index in [1.54, 1.807) is 12.1 Å². The average Bonchev–Trinajstić information content (AvgIpc) is 2.60. The van der Waals surface area contributed by atoms with E-state index < -0.39 is 10.0 Å². The van der Waals surface area contributed by atoms with Crippen LogP contribution in [0.5, 0.6) is 5.75 Å². The zero-order valence-electron chi connectivity index (χ0n) is 14.3. The molecule has 0 spiro atoms.